The number of rotatable bonds is 0. The molecule has 0 saturated heterocycles. The van der Waals surface area contributed by atoms with Crippen molar-refractivity contribution in [2.24, 2.45) is 0 Å². The van der Waals surface area contributed by atoms with Gasteiger partial charge in [0, 0.05) is 0 Å². The molecule has 0 atom stereocenters. The molecule has 0 fully saturated rings. The van der Waals surface area contributed by atoms with E-state index in [0.29, 0.717) is 0 Å². The lowest BCUT2D eigenvalue weighted by Gasteiger charge is -2.23. The summed E-state index contributed by atoms with van der Waals surface area (Å²) in [6.07, 6.45) is 4.12. The maximum absolute atomic E-state index is 4.28. The van der Waals surface area contributed by atoms with Gasteiger partial charge in [0.15, 0.2) is 0 Å². The molecule has 0 unspecified atom stereocenters. The SMILES string of the molecule is c1cnc2c(c1)CCC[N-]2. The molecule has 10 heavy (non-hydrogen) atoms. The number of nitrogens with zero attached hydrogens (tertiary/aromatic N) is 2. The molecule has 1 aromatic heterocycles. The van der Waals surface area contributed by atoms with Gasteiger partial charge in [0.2, 0.25) is 0 Å². The maximum atomic E-state index is 4.28. The first kappa shape index (κ1) is 5.71. The molecule has 0 aromatic carbocycles. The molecule has 0 bridgehead atoms. The highest BCUT2D eigenvalue weighted by molar-refractivity contribution is 5.50. The third kappa shape index (κ3) is 0.856. The standard InChI is InChI=1S/C8H9N2/c1-3-7-4-2-6-10-8(7)9-5-1/h1,3,5H,2,4,6H2/q-1. The number of pyridine rings is 1. The zero-order chi connectivity index (χ0) is 6.81. The number of aromatic nitrogens is 1. The summed E-state index contributed by atoms with van der Waals surface area (Å²) in [5, 5.41) is 4.28. The molecule has 0 spiro atoms. The molecule has 2 heterocycles. The van der Waals surface area contributed by atoms with Crippen molar-refractivity contribution >= 4 is 5.82 Å². The van der Waals surface area contributed by atoms with Gasteiger partial charge in [0.05, 0.1) is 0 Å². The van der Waals surface area contributed by atoms with Crippen LogP contribution in [-0.4, -0.2) is 11.5 Å². The molecule has 1 aromatic rings. The molecule has 0 saturated carbocycles. The van der Waals surface area contributed by atoms with Gasteiger partial charge in [-0.2, -0.15) is 0 Å². The monoisotopic (exact) mass is 133 g/mol. The molecule has 1 aliphatic rings. The van der Waals surface area contributed by atoms with E-state index in [4.69, 9.17) is 0 Å². The van der Waals surface area contributed by atoms with Crippen LogP contribution in [0.3, 0.4) is 0 Å². The summed E-state index contributed by atoms with van der Waals surface area (Å²) in [5.74, 6) is 0.953. The van der Waals surface area contributed by atoms with Crippen LogP contribution in [0.25, 0.3) is 5.32 Å². The van der Waals surface area contributed by atoms with Crippen molar-refractivity contribution in [3.8, 4) is 0 Å². The average molecular weight is 133 g/mol. The predicted octanol–water partition coefficient (Wildman–Crippen LogP) is 2.03. The zero-order valence-corrected chi connectivity index (χ0v) is 5.75. The Balaban J connectivity index is 2.41. The predicted molar refractivity (Wildman–Crippen MR) is 40.4 cm³/mol. The molecule has 2 heteroatoms. The van der Waals surface area contributed by atoms with Crippen LogP contribution in [0.1, 0.15) is 12.0 Å². The third-order valence-electron chi connectivity index (χ3n) is 1.73. The van der Waals surface area contributed by atoms with Crippen molar-refractivity contribution in [1.82, 2.24) is 4.98 Å². The van der Waals surface area contributed by atoms with Gasteiger partial charge < -0.3 is 10.3 Å². The molecular weight excluding hydrogens is 124 g/mol. The normalized spacial score (nSPS) is 15.6. The first-order valence-corrected chi connectivity index (χ1v) is 3.58. The fourth-order valence-electron chi connectivity index (χ4n) is 1.22. The van der Waals surface area contributed by atoms with Gasteiger partial charge in [-0.05, 0) is 18.4 Å². The van der Waals surface area contributed by atoms with E-state index in [0.717, 1.165) is 18.8 Å². The molecule has 0 amide bonds. The minimum atomic E-state index is 0.948. The summed E-state index contributed by atoms with van der Waals surface area (Å²) in [5.41, 5.74) is 1.30. The smallest absolute Gasteiger partial charge is 0.0281 e. The topological polar surface area (TPSA) is 27.0 Å². The van der Waals surface area contributed by atoms with Crippen LogP contribution >= 0.6 is 0 Å². The van der Waals surface area contributed by atoms with Crippen LogP contribution in [0.2, 0.25) is 0 Å². The van der Waals surface area contributed by atoms with Gasteiger partial charge in [-0.1, -0.05) is 30.7 Å². The van der Waals surface area contributed by atoms with Crippen LogP contribution in [0.15, 0.2) is 18.3 Å². The van der Waals surface area contributed by atoms with Crippen molar-refractivity contribution < 1.29 is 0 Å². The number of fused-ring (bicyclic) bond motifs is 1. The van der Waals surface area contributed by atoms with E-state index in [1.807, 2.05) is 6.07 Å². The highest BCUT2D eigenvalue weighted by atomic mass is 15.0. The summed E-state index contributed by atoms with van der Waals surface area (Å²) in [6, 6.07) is 4.07. The van der Waals surface area contributed by atoms with Crippen molar-refractivity contribution in [3.05, 3.63) is 29.2 Å². The van der Waals surface area contributed by atoms with Crippen molar-refractivity contribution in [1.29, 1.82) is 0 Å². The Kier molecular flexibility index (Phi) is 1.31. The molecule has 0 aliphatic carbocycles. The molecular formula is C8H9N2-. The lowest BCUT2D eigenvalue weighted by atomic mass is 10.1. The summed E-state index contributed by atoms with van der Waals surface area (Å²) < 4.78 is 0. The lowest BCUT2D eigenvalue weighted by molar-refractivity contribution is 0.843. The van der Waals surface area contributed by atoms with E-state index in [1.165, 1.54) is 12.0 Å². The van der Waals surface area contributed by atoms with E-state index in [1.54, 1.807) is 6.20 Å². The van der Waals surface area contributed by atoms with Crippen molar-refractivity contribution in [3.63, 3.8) is 0 Å². The minimum Gasteiger partial charge on any atom is -0.465 e. The largest absolute Gasteiger partial charge is 0.465 e. The van der Waals surface area contributed by atoms with Crippen LogP contribution in [0.5, 0.6) is 0 Å². The Morgan fingerprint density at radius 2 is 2.50 bits per heavy atom. The van der Waals surface area contributed by atoms with Crippen LogP contribution < -0.4 is 0 Å². The van der Waals surface area contributed by atoms with Crippen LogP contribution in [0, 0.1) is 0 Å². The second-order valence-electron chi connectivity index (χ2n) is 2.47. The summed E-state index contributed by atoms with van der Waals surface area (Å²) in [4.78, 5) is 4.15. The Bertz CT molecular complexity index is 207. The number of hydrogen-bond donors (Lipinski definition) is 0. The van der Waals surface area contributed by atoms with Gasteiger partial charge in [-0.3, -0.25) is 0 Å². The first-order chi connectivity index (χ1) is 4.97. The molecule has 0 N–H and O–H groups in total. The van der Waals surface area contributed by atoms with E-state index >= 15 is 0 Å². The first-order valence-electron chi connectivity index (χ1n) is 3.58. The van der Waals surface area contributed by atoms with Crippen LogP contribution in [-0.2, 0) is 6.42 Å². The van der Waals surface area contributed by atoms with Gasteiger partial charge in [0.1, 0.15) is 0 Å². The molecule has 2 rings (SSSR count). The highest BCUT2D eigenvalue weighted by Crippen LogP contribution is 2.26. The van der Waals surface area contributed by atoms with Crippen molar-refractivity contribution in [2.75, 3.05) is 6.54 Å². The van der Waals surface area contributed by atoms with E-state index < -0.39 is 0 Å². The number of aryl methyl sites for hydroxylation is 1. The molecule has 0 radical (unpaired) electrons. The summed E-state index contributed by atoms with van der Waals surface area (Å²) >= 11 is 0. The third-order valence-corrected chi connectivity index (χ3v) is 1.73. The van der Waals surface area contributed by atoms with Crippen LogP contribution in [0.4, 0.5) is 5.82 Å². The molecule has 2 nitrogen and oxygen atoms in total. The highest BCUT2D eigenvalue weighted by Gasteiger charge is 1.99. The molecule has 52 valence electrons. The number of hydrogen-bond acceptors (Lipinski definition) is 1. The second kappa shape index (κ2) is 2.29. The average Bonchev–Trinajstić information content (AvgIpc) is 2.05. The van der Waals surface area contributed by atoms with E-state index in [9.17, 15) is 0 Å². The zero-order valence-electron chi connectivity index (χ0n) is 5.75. The summed E-state index contributed by atoms with van der Waals surface area (Å²) in [7, 11) is 0. The minimum absolute atomic E-state index is 0.948. The van der Waals surface area contributed by atoms with E-state index in [-0.39, 0.29) is 0 Å². The Labute approximate surface area is 60.3 Å². The Morgan fingerprint density at radius 3 is 3.40 bits per heavy atom. The van der Waals surface area contributed by atoms with Crippen molar-refractivity contribution in [2.45, 2.75) is 12.8 Å². The van der Waals surface area contributed by atoms with Gasteiger partial charge >= 0.3 is 0 Å². The summed E-state index contributed by atoms with van der Waals surface area (Å²) in [6.45, 7) is 0.948. The van der Waals surface area contributed by atoms with Gasteiger partial charge in [0.25, 0.3) is 0 Å². The fourth-order valence-corrected chi connectivity index (χ4v) is 1.22. The van der Waals surface area contributed by atoms with E-state index in [2.05, 4.69) is 16.4 Å². The molecule has 1 aliphatic heterocycles. The maximum Gasteiger partial charge on any atom is -0.0281 e. The van der Waals surface area contributed by atoms with Gasteiger partial charge in [-0.25, -0.2) is 0 Å². The van der Waals surface area contributed by atoms with Gasteiger partial charge in [-0.15, -0.1) is 0 Å². The second-order valence-corrected chi connectivity index (χ2v) is 2.47. The fraction of sp³-hybridized carbons (Fsp3) is 0.375. The lowest BCUT2D eigenvalue weighted by Crippen LogP contribution is -1.98. The Morgan fingerprint density at radius 1 is 1.50 bits per heavy atom. The Hall–Kier alpha value is -1.05. The quantitative estimate of drug-likeness (QED) is 0.532.